The van der Waals surface area contributed by atoms with Crippen molar-refractivity contribution in [2.45, 2.75) is 0 Å². The molecule has 0 aliphatic rings. The van der Waals surface area contributed by atoms with E-state index in [-0.39, 0.29) is 11.1 Å². The summed E-state index contributed by atoms with van der Waals surface area (Å²) >= 11 is 0. The summed E-state index contributed by atoms with van der Waals surface area (Å²) < 4.78 is 32.1. The third kappa shape index (κ3) is 3.01. The van der Waals surface area contributed by atoms with Gasteiger partial charge in [-0.2, -0.15) is 4.98 Å². The van der Waals surface area contributed by atoms with Gasteiger partial charge in [-0.3, -0.25) is 0 Å². The second-order valence-corrected chi connectivity index (χ2v) is 4.71. The lowest BCUT2D eigenvalue weighted by molar-refractivity contribution is 0.411. The average molecular weight is 325 g/mol. The molecule has 1 N–H and O–H groups in total. The van der Waals surface area contributed by atoms with E-state index in [1.54, 1.807) is 6.07 Å². The summed E-state index contributed by atoms with van der Waals surface area (Å²) in [6.45, 7) is 0. The normalized spacial score (nSPS) is 10.1. The molecule has 0 fully saturated rings. The predicted octanol–water partition coefficient (Wildman–Crippen LogP) is 3.09. The Bertz CT molecular complexity index is 1030. The molecule has 4 nitrogen and oxygen atoms in total. The molecular weight excluding hydrogens is 316 g/mol. The Balaban J connectivity index is 2.05. The molecule has 1 aromatic heterocycles. The van der Waals surface area contributed by atoms with E-state index in [0.29, 0.717) is 0 Å². The lowest BCUT2D eigenvalue weighted by atomic mass is 10.1. The Morgan fingerprint density at radius 3 is 2.29 bits per heavy atom. The molecule has 0 aliphatic carbocycles. The van der Waals surface area contributed by atoms with Crippen molar-refractivity contribution in [2.24, 2.45) is 0 Å². The Labute approximate surface area is 135 Å². The van der Waals surface area contributed by atoms with Crippen LogP contribution < -0.4 is 5.63 Å². The highest BCUT2D eigenvalue weighted by molar-refractivity contribution is 5.67. The molecule has 0 amide bonds. The molecule has 118 valence electrons. The first kappa shape index (κ1) is 15.4. The minimum absolute atomic E-state index is 0.0830. The maximum atomic E-state index is 13.8. The first-order valence-electron chi connectivity index (χ1n) is 6.82. The minimum atomic E-state index is -0.995. The van der Waals surface area contributed by atoms with E-state index >= 15 is 0 Å². The first-order chi connectivity index (χ1) is 11.6. The zero-order valence-corrected chi connectivity index (χ0v) is 12.1. The average Bonchev–Trinajstić information content (AvgIpc) is 2.55. The minimum Gasteiger partial charge on any atom is -0.493 e. The summed E-state index contributed by atoms with van der Waals surface area (Å²) in [4.78, 5) is 15.6. The van der Waals surface area contributed by atoms with E-state index in [2.05, 4.69) is 16.8 Å². The fraction of sp³-hybridized carbons (Fsp3) is 0. The van der Waals surface area contributed by atoms with Crippen molar-refractivity contribution >= 4 is 0 Å². The molecule has 6 heteroatoms. The van der Waals surface area contributed by atoms with Crippen LogP contribution in [-0.4, -0.2) is 10.1 Å². The van der Waals surface area contributed by atoms with Gasteiger partial charge in [0.2, 0.25) is 5.88 Å². The van der Waals surface area contributed by atoms with E-state index < -0.39 is 34.6 Å². The second kappa shape index (κ2) is 6.34. The van der Waals surface area contributed by atoms with E-state index in [4.69, 9.17) is 4.42 Å². The van der Waals surface area contributed by atoms with Crippen LogP contribution in [0.4, 0.5) is 8.78 Å². The van der Waals surface area contributed by atoms with E-state index in [1.165, 1.54) is 36.4 Å². The van der Waals surface area contributed by atoms with E-state index in [9.17, 15) is 18.7 Å². The topological polar surface area (TPSA) is 63.3 Å². The number of benzene rings is 2. The van der Waals surface area contributed by atoms with Crippen LogP contribution in [0.15, 0.2) is 57.7 Å². The van der Waals surface area contributed by atoms with Crippen molar-refractivity contribution in [1.29, 1.82) is 0 Å². The van der Waals surface area contributed by atoms with Crippen molar-refractivity contribution in [3.8, 4) is 28.8 Å². The number of halogens is 2. The Morgan fingerprint density at radius 1 is 0.958 bits per heavy atom. The highest BCUT2D eigenvalue weighted by Crippen LogP contribution is 2.26. The maximum absolute atomic E-state index is 13.8. The molecule has 0 saturated carbocycles. The second-order valence-electron chi connectivity index (χ2n) is 4.71. The zero-order valence-electron chi connectivity index (χ0n) is 12.1. The Hall–Kier alpha value is -3.46. The fourth-order valence-electron chi connectivity index (χ4n) is 2.04. The first-order valence-corrected chi connectivity index (χ1v) is 6.82. The summed E-state index contributed by atoms with van der Waals surface area (Å²) in [5.74, 6) is 2.44. The van der Waals surface area contributed by atoms with Crippen LogP contribution in [0.25, 0.3) is 11.1 Å². The van der Waals surface area contributed by atoms with Gasteiger partial charge in [0.1, 0.15) is 17.2 Å². The largest absolute Gasteiger partial charge is 0.493 e. The van der Waals surface area contributed by atoms with Crippen LogP contribution in [0, 0.1) is 23.5 Å². The molecule has 0 aliphatic heterocycles. The van der Waals surface area contributed by atoms with Crippen LogP contribution in [0.3, 0.4) is 0 Å². The van der Waals surface area contributed by atoms with Crippen molar-refractivity contribution in [1.82, 2.24) is 4.98 Å². The van der Waals surface area contributed by atoms with Gasteiger partial charge in [0, 0.05) is 5.56 Å². The summed E-state index contributed by atoms with van der Waals surface area (Å²) in [6, 6.07) is 11.2. The molecule has 3 aromatic rings. The summed E-state index contributed by atoms with van der Waals surface area (Å²) in [6.07, 6.45) is 0. The molecule has 24 heavy (non-hydrogen) atoms. The smallest absolute Gasteiger partial charge is 0.351 e. The van der Waals surface area contributed by atoms with Crippen molar-refractivity contribution in [3.63, 3.8) is 0 Å². The number of aromatic nitrogens is 1. The molecule has 3 rings (SSSR count). The van der Waals surface area contributed by atoms with Gasteiger partial charge >= 0.3 is 5.63 Å². The summed E-state index contributed by atoms with van der Waals surface area (Å²) in [5.41, 5.74) is -1.44. The predicted molar refractivity (Wildman–Crippen MR) is 82.2 cm³/mol. The SMILES string of the molecule is O=c1oc(C#Cc2ccccc2F)nc(O)c1-c1ccccc1F. The molecule has 1 heterocycles. The van der Waals surface area contributed by atoms with Gasteiger partial charge in [-0.15, -0.1) is 0 Å². The van der Waals surface area contributed by atoms with Crippen LogP contribution in [0.1, 0.15) is 11.5 Å². The standard InChI is InChI=1S/C18H9F2NO3/c19-13-7-3-1-5-11(13)9-10-15-21-17(22)16(18(23)24-15)12-6-2-4-8-14(12)20/h1-8,22H. The van der Waals surface area contributed by atoms with Crippen LogP contribution in [-0.2, 0) is 0 Å². The van der Waals surface area contributed by atoms with Crippen LogP contribution >= 0.6 is 0 Å². The Morgan fingerprint density at radius 2 is 1.62 bits per heavy atom. The molecule has 0 radical (unpaired) electrons. The highest BCUT2D eigenvalue weighted by Gasteiger charge is 2.17. The number of aromatic hydroxyl groups is 1. The number of nitrogens with zero attached hydrogens (tertiary/aromatic N) is 1. The molecule has 0 unspecified atom stereocenters. The molecule has 0 bridgehead atoms. The summed E-state index contributed by atoms with van der Waals surface area (Å²) in [5, 5.41) is 9.92. The third-order valence-electron chi connectivity index (χ3n) is 3.15. The lowest BCUT2D eigenvalue weighted by Gasteiger charge is -2.03. The van der Waals surface area contributed by atoms with Gasteiger partial charge in [-0.05, 0) is 24.1 Å². The van der Waals surface area contributed by atoms with Gasteiger partial charge in [0.05, 0.1) is 5.56 Å². The zero-order chi connectivity index (χ0) is 17.1. The van der Waals surface area contributed by atoms with Gasteiger partial charge in [0.15, 0.2) is 0 Å². The molecular formula is C18H9F2NO3. The third-order valence-corrected chi connectivity index (χ3v) is 3.15. The number of hydrogen-bond donors (Lipinski definition) is 1. The molecule has 2 aromatic carbocycles. The highest BCUT2D eigenvalue weighted by atomic mass is 19.1. The van der Waals surface area contributed by atoms with Gasteiger partial charge in [-0.25, -0.2) is 13.6 Å². The van der Waals surface area contributed by atoms with Crippen molar-refractivity contribution in [3.05, 3.63) is 82.0 Å². The molecule has 0 atom stereocenters. The number of hydrogen-bond acceptors (Lipinski definition) is 4. The van der Waals surface area contributed by atoms with Gasteiger partial charge in [-0.1, -0.05) is 36.3 Å². The van der Waals surface area contributed by atoms with Crippen LogP contribution in [0.2, 0.25) is 0 Å². The molecule has 0 spiro atoms. The van der Waals surface area contributed by atoms with Crippen molar-refractivity contribution in [2.75, 3.05) is 0 Å². The van der Waals surface area contributed by atoms with Gasteiger partial charge in [0.25, 0.3) is 5.89 Å². The summed E-state index contributed by atoms with van der Waals surface area (Å²) in [7, 11) is 0. The lowest BCUT2D eigenvalue weighted by Crippen LogP contribution is -2.07. The number of rotatable bonds is 1. The molecule has 0 saturated heterocycles. The van der Waals surface area contributed by atoms with Crippen molar-refractivity contribution < 1.29 is 18.3 Å². The maximum Gasteiger partial charge on any atom is 0.351 e. The monoisotopic (exact) mass is 325 g/mol. The van der Waals surface area contributed by atoms with Crippen LogP contribution in [0.5, 0.6) is 5.88 Å². The fourth-order valence-corrected chi connectivity index (χ4v) is 2.04. The van der Waals surface area contributed by atoms with Gasteiger partial charge < -0.3 is 9.52 Å². The van der Waals surface area contributed by atoms with E-state index in [0.717, 1.165) is 6.07 Å². The quantitative estimate of drug-likeness (QED) is 0.698. The Kier molecular flexibility index (Phi) is 4.08. The van der Waals surface area contributed by atoms with E-state index in [1.807, 2.05) is 0 Å².